The van der Waals surface area contributed by atoms with Crippen molar-refractivity contribution in [3.8, 4) is 0 Å². The fraction of sp³-hybridized carbons (Fsp3) is 0.836. The van der Waals surface area contributed by atoms with Crippen molar-refractivity contribution >= 4 is 0 Å². The van der Waals surface area contributed by atoms with Gasteiger partial charge in [-0.15, -0.1) is 0 Å². The molecule has 1 aromatic carbocycles. The minimum atomic E-state index is -0.0766. The van der Waals surface area contributed by atoms with E-state index in [1.807, 2.05) is 30.3 Å². The van der Waals surface area contributed by atoms with Crippen molar-refractivity contribution in [2.24, 2.45) is 92.7 Å². The molecule has 0 spiro atoms. The molecule has 0 unspecified atom stereocenters. The molecule has 8 aliphatic rings. The smallest absolute Gasteiger partial charge is 0.0681 e. The summed E-state index contributed by atoms with van der Waals surface area (Å²) in [5.74, 6) is 10.9. The minimum Gasteiger partial charge on any atom is -0.412 e. The van der Waals surface area contributed by atoms with E-state index in [4.69, 9.17) is 5.11 Å². The highest BCUT2D eigenvalue weighted by Crippen LogP contribution is 2.69. The maximum atomic E-state index is 10.2. The molecule has 0 aromatic heterocycles. The van der Waals surface area contributed by atoms with Gasteiger partial charge in [-0.2, -0.15) is 0 Å². The minimum absolute atomic E-state index is 0. The van der Waals surface area contributed by atoms with Crippen molar-refractivity contribution in [3.63, 3.8) is 0 Å². The second-order valence-electron chi connectivity index (χ2n) is 26.0. The fourth-order valence-electron chi connectivity index (χ4n) is 17.9. The summed E-state index contributed by atoms with van der Waals surface area (Å²) in [6.07, 6.45) is 34.3. The summed E-state index contributed by atoms with van der Waals surface area (Å²) in [6.45, 7) is 25.3. The summed E-state index contributed by atoms with van der Waals surface area (Å²) in [5.41, 5.74) is 6.17. The monoisotopic (exact) mass is 899 g/mol. The van der Waals surface area contributed by atoms with Crippen molar-refractivity contribution in [2.75, 3.05) is 0 Å². The lowest BCUT2D eigenvalue weighted by molar-refractivity contribution is -0.0573. The van der Waals surface area contributed by atoms with E-state index >= 15 is 0 Å². The number of hydrogen-bond acceptors (Lipinski definition) is 3. The normalized spacial score (nSPS) is 41.2. The lowest BCUT2D eigenvalue weighted by Gasteiger charge is -2.58. The first-order valence-electron chi connectivity index (χ1n) is 27.8. The van der Waals surface area contributed by atoms with Crippen molar-refractivity contribution in [3.05, 3.63) is 59.2 Å². The zero-order chi connectivity index (χ0) is 46.0. The molecule has 8 aliphatic carbocycles. The van der Waals surface area contributed by atoms with Crippen LogP contribution in [0.3, 0.4) is 0 Å². The fourth-order valence-corrected chi connectivity index (χ4v) is 17.9. The number of benzene rings is 1. The van der Waals surface area contributed by atoms with Crippen LogP contribution >= 0.6 is 0 Å². The van der Waals surface area contributed by atoms with Crippen LogP contribution in [-0.4, -0.2) is 33.0 Å². The molecular formula is C61H102O4. The first kappa shape index (κ1) is 52.9. The van der Waals surface area contributed by atoms with Crippen LogP contribution in [0.4, 0.5) is 0 Å². The molecule has 1 aromatic rings. The van der Waals surface area contributed by atoms with E-state index in [-0.39, 0.29) is 24.3 Å². The quantitative estimate of drug-likeness (QED) is 0.193. The van der Waals surface area contributed by atoms with Crippen LogP contribution in [-0.2, 0) is 6.61 Å². The molecule has 370 valence electrons. The Bertz CT molecular complexity index is 1590. The molecule has 6 fully saturated rings. The molecule has 0 amide bonds. The van der Waals surface area contributed by atoms with Crippen LogP contribution in [0.2, 0.25) is 0 Å². The van der Waals surface area contributed by atoms with Crippen molar-refractivity contribution in [2.45, 2.75) is 229 Å². The van der Waals surface area contributed by atoms with Crippen LogP contribution in [0.1, 0.15) is 216 Å². The molecule has 0 bridgehead atoms. The van der Waals surface area contributed by atoms with E-state index in [0.717, 1.165) is 102 Å². The Hall–Kier alpha value is -1.46. The van der Waals surface area contributed by atoms with Gasteiger partial charge in [-0.05, 0) is 201 Å². The molecule has 4 heteroatoms. The average Bonchev–Trinajstić information content (AvgIpc) is 3.81. The molecular weight excluding hydrogens is 797 g/mol. The molecule has 9 rings (SSSR count). The maximum Gasteiger partial charge on any atom is 0.0681 e. The second kappa shape index (κ2) is 22.1. The van der Waals surface area contributed by atoms with Gasteiger partial charge in [0.15, 0.2) is 0 Å². The van der Waals surface area contributed by atoms with Gasteiger partial charge in [0.1, 0.15) is 0 Å². The molecule has 0 radical (unpaired) electrons. The lowest BCUT2D eigenvalue weighted by atomic mass is 9.47. The molecule has 16 atom stereocenters. The van der Waals surface area contributed by atoms with Gasteiger partial charge in [0, 0.05) is 0 Å². The molecule has 0 aliphatic heterocycles. The molecule has 6 saturated carbocycles. The third-order valence-electron chi connectivity index (χ3n) is 21.6. The van der Waals surface area contributed by atoms with Gasteiger partial charge in [0.25, 0.3) is 0 Å². The van der Waals surface area contributed by atoms with Crippen LogP contribution in [0.5, 0.6) is 0 Å². The Balaban J connectivity index is 0.000000182. The average molecular weight is 899 g/mol. The lowest BCUT2D eigenvalue weighted by Crippen LogP contribution is -2.50. The topological polar surface area (TPSA) is 92.2 Å². The number of allylic oxidation sites excluding steroid dienone is 2. The molecule has 0 heterocycles. The predicted octanol–water partition coefficient (Wildman–Crippen LogP) is 15.1. The van der Waals surface area contributed by atoms with E-state index in [9.17, 15) is 10.2 Å². The summed E-state index contributed by atoms with van der Waals surface area (Å²) < 4.78 is 0. The third kappa shape index (κ3) is 11.0. The van der Waals surface area contributed by atoms with Crippen molar-refractivity contribution in [1.29, 1.82) is 0 Å². The predicted molar refractivity (Wildman–Crippen MR) is 274 cm³/mol. The van der Waals surface area contributed by atoms with Gasteiger partial charge in [0.2, 0.25) is 0 Å². The van der Waals surface area contributed by atoms with E-state index < -0.39 is 0 Å². The number of hydrogen-bond donors (Lipinski definition) is 3. The Morgan fingerprint density at radius 2 is 0.938 bits per heavy atom. The van der Waals surface area contributed by atoms with Gasteiger partial charge in [0.05, 0.1) is 18.8 Å². The van der Waals surface area contributed by atoms with Gasteiger partial charge < -0.3 is 20.8 Å². The molecule has 65 heavy (non-hydrogen) atoms. The summed E-state index contributed by atoms with van der Waals surface area (Å²) >= 11 is 0. The summed E-state index contributed by atoms with van der Waals surface area (Å²) in [6, 6.07) is 9.52. The number of aliphatic hydroxyl groups excluding tert-OH is 3. The second-order valence-corrected chi connectivity index (χ2v) is 26.0. The van der Waals surface area contributed by atoms with Crippen molar-refractivity contribution in [1.82, 2.24) is 0 Å². The third-order valence-corrected chi connectivity index (χ3v) is 21.6. The largest absolute Gasteiger partial charge is 0.412 e. The zero-order valence-electron chi connectivity index (χ0n) is 43.7. The van der Waals surface area contributed by atoms with Crippen LogP contribution < -0.4 is 0 Å². The summed E-state index contributed by atoms with van der Waals surface area (Å²) in [7, 11) is 0. The van der Waals surface area contributed by atoms with E-state index in [1.54, 1.807) is 11.1 Å². The highest BCUT2D eigenvalue weighted by atomic mass is 16.3. The SMILES string of the molecule is CC(C)CCC[C@@H](C)[C@H]1CC[C@H]2[C@@H]3CC=C4C[C@@H](O)CC[C@]4(C)[C@H]3CC[C@]12C.CC(C)CCC[C@@H](C)[C@H]1CC[C@H]2[C@@H]3CC=C4C[C@@H](O)CC[C@]4(C)[C@H]3CC[C@]12C.O.OCc1ccccc1. The Kier molecular flexibility index (Phi) is 18.0. The first-order chi connectivity index (χ1) is 30.4. The molecule has 4 nitrogen and oxygen atoms in total. The number of aliphatic hydroxyl groups is 3. The highest BCUT2D eigenvalue weighted by Gasteiger charge is 2.60. The van der Waals surface area contributed by atoms with Gasteiger partial charge in [-0.3, -0.25) is 0 Å². The first-order valence-corrected chi connectivity index (χ1v) is 27.8. The number of rotatable bonds is 11. The van der Waals surface area contributed by atoms with Gasteiger partial charge >= 0.3 is 0 Å². The Labute approximate surface area is 400 Å². The summed E-state index contributed by atoms with van der Waals surface area (Å²) in [5, 5.41) is 29.0. The van der Waals surface area contributed by atoms with E-state index in [1.165, 1.54) is 116 Å². The van der Waals surface area contributed by atoms with Crippen LogP contribution in [0.25, 0.3) is 0 Å². The van der Waals surface area contributed by atoms with Crippen molar-refractivity contribution < 1.29 is 20.8 Å². The van der Waals surface area contributed by atoms with Crippen LogP contribution in [0, 0.1) is 92.7 Å². The standard InChI is InChI=1S/2C27H46O.C7H8O.H2O/c2*1-18(2)7-6-8-19(3)23-11-12-24-22-10-9-20-17-21(28)13-15-26(20,4)25(22)14-16-27(23,24)5;8-6-7-4-2-1-3-5-7;/h2*9,18-19,21-25,28H,6-8,10-17H2,1-5H3;1-5,8H,6H2;1H2/t2*19-,21+,22+,23-,24+,25+,26+,27-;;/m11../s1. The van der Waals surface area contributed by atoms with Gasteiger partial charge in [-0.25, -0.2) is 0 Å². The van der Waals surface area contributed by atoms with Gasteiger partial charge in [-0.1, -0.05) is 161 Å². The van der Waals surface area contributed by atoms with E-state index in [0.29, 0.717) is 21.7 Å². The summed E-state index contributed by atoms with van der Waals surface area (Å²) in [4.78, 5) is 0. The maximum absolute atomic E-state index is 10.2. The highest BCUT2D eigenvalue weighted by molar-refractivity contribution is 5.27. The molecule has 5 N–H and O–H groups in total. The Morgan fingerprint density at radius 3 is 1.31 bits per heavy atom. The zero-order valence-corrected chi connectivity index (χ0v) is 43.7. The van der Waals surface area contributed by atoms with Crippen LogP contribution in [0.15, 0.2) is 53.6 Å². The molecule has 0 saturated heterocycles. The number of fused-ring (bicyclic) bond motifs is 10. The van der Waals surface area contributed by atoms with E-state index in [2.05, 4.69) is 81.4 Å². The Morgan fingerprint density at radius 1 is 0.523 bits per heavy atom.